The number of nitrogens with two attached hydrogens (primary N) is 1. The number of nitrogens with zero attached hydrogens (tertiary/aromatic N) is 2. The molecule has 0 fully saturated rings. The van der Waals surface area contributed by atoms with Gasteiger partial charge in [0.1, 0.15) is 0 Å². The summed E-state index contributed by atoms with van der Waals surface area (Å²) in [5, 5.41) is 11.5. The van der Waals surface area contributed by atoms with E-state index in [2.05, 4.69) is 30.2 Å². The van der Waals surface area contributed by atoms with Gasteiger partial charge in [0.2, 0.25) is 0 Å². The van der Waals surface area contributed by atoms with Crippen LogP contribution in [0.2, 0.25) is 0 Å². The summed E-state index contributed by atoms with van der Waals surface area (Å²) in [6.45, 7) is 5.77. The summed E-state index contributed by atoms with van der Waals surface area (Å²) in [6, 6.07) is 0.428. The van der Waals surface area contributed by atoms with Gasteiger partial charge in [-0.25, -0.2) is 0 Å². The Balaban J connectivity index is 3.90. The fraction of sp³-hybridized carbons (Fsp3) is 0.889. The Morgan fingerprint density at radius 2 is 2.21 bits per heavy atom. The molecule has 0 rings (SSSR count). The molecule has 0 radical (unpaired) electrons. The second-order valence-electron chi connectivity index (χ2n) is 3.50. The number of thioether (sulfide) groups is 1. The van der Waals surface area contributed by atoms with Crippen LogP contribution in [0.15, 0.2) is 5.16 Å². The standard InChI is InChI=1S/C9H21N3OS/c1-8(2)12(5-4-6-14-3)7-9(10)11-13/h8,13H,4-7H2,1-3H3,(H2,10,11). The Labute approximate surface area is 90.5 Å². The van der Waals surface area contributed by atoms with Crippen molar-refractivity contribution in [3.63, 3.8) is 0 Å². The van der Waals surface area contributed by atoms with E-state index in [4.69, 9.17) is 10.9 Å². The molecule has 0 aliphatic carbocycles. The lowest BCUT2D eigenvalue weighted by Crippen LogP contribution is -2.39. The van der Waals surface area contributed by atoms with Crippen molar-refractivity contribution in [3.05, 3.63) is 0 Å². The lowest BCUT2D eigenvalue weighted by molar-refractivity contribution is 0.248. The van der Waals surface area contributed by atoms with Gasteiger partial charge in [0, 0.05) is 6.04 Å². The molecule has 0 saturated carbocycles. The third kappa shape index (κ3) is 6.10. The molecule has 3 N–H and O–H groups in total. The number of rotatable bonds is 7. The highest BCUT2D eigenvalue weighted by Gasteiger charge is 2.10. The average molecular weight is 219 g/mol. The molecule has 0 aromatic heterocycles. The highest BCUT2D eigenvalue weighted by Crippen LogP contribution is 2.02. The summed E-state index contributed by atoms with van der Waals surface area (Å²) in [6.07, 6.45) is 3.24. The first-order valence-corrected chi connectivity index (χ1v) is 6.20. The Bertz CT molecular complexity index is 173. The Hall–Kier alpha value is -0.420. The van der Waals surface area contributed by atoms with Crippen LogP contribution in [0, 0.1) is 0 Å². The first kappa shape index (κ1) is 13.6. The van der Waals surface area contributed by atoms with E-state index < -0.39 is 0 Å². The minimum atomic E-state index is 0.280. The molecule has 84 valence electrons. The summed E-state index contributed by atoms with van der Waals surface area (Å²) in [5.41, 5.74) is 5.47. The molecule has 5 heteroatoms. The topological polar surface area (TPSA) is 61.8 Å². The molecule has 4 nitrogen and oxygen atoms in total. The maximum absolute atomic E-state index is 8.47. The molecule has 0 heterocycles. The van der Waals surface area contributed by atoms with Gasteiger partial charge in [0.15, 0.2) is 5.84 Å². The van der Waals surface area contributed by atoms with Gasteiger partial charge in [0.05, 0.1) is 6.54 Å². The zero-order chi connectivity index (χ0) is 11.0. The summed E-state index contributed by atoms with van der Waals surface area (Å²) in [4.78, 5) is 2.20. The van der Waals surface area contributed by atoms with E-state index in [0.29, 0.717) is 12.6 Å². The predicted molar refractivity (Wildman–Crippen MR) is 63.1 cm³/mol. The van der Waals surface area contributed by atoms with Crippen LogP contribution in [-0.4, -0.2) is 47.1 Å². The van der Waals surface area contributed by atoms with Crippen molar-refractivity contribution in [3.8, 4) is 0 Å². The summed E-state index contributed by atoms with van der Waals surface area (Å²) >= 11 is 1.84. The van der Waals surface area contributed by atoms with Gasteiger partial charge in [-0.15, -0.1) is 0 Å². The molecule has 0 aliphatic heterocycles. The second kappa shape index (κ2) is 7.94. The highest BCUT2D eigenvalue weighted by atomic mass is 32.2. The molecule has 0 unspecified atom stereocenters. The third-order valence-corrected chi connectivity index (χ3v) is 2.71. The van der Waals surface area contributed by atoms with Gasteiger partial charge in [-0.3, -0.25) is 4.90 Å². The quantitative estimate of drug-likeness (QED) is 0.222. The zero-order valence-corrected chi connectivity index (χ0v) is 10.0. The number of oxime groups is 1. The first-order valence-electron chi connectivity index (χ1n) is 4.81. The minimum absolute atomic E-state index is 0.280. The van der Waals surface area contributed by atoms with E-state index in [9.17, 15) is 0 Å². The van der Waals surface area contributed by atoms with Crippen molar-refractivity contribution >= 4 is 17.6 Å². The van der Waals surface area contributed by atoms with Gasteiger partial charge in [-0.2, -0.15) is 11.8 Å². The molecule has 0 bridgehead atoms. The summed E-state index contributed by atoms with van der Waals surface area (Å²) in [5.74, 6) is 1.43. The van der Waals surface area contributed by atoms with E-state index >= 15 is 0 Å². The summed E-state index contributed by atoms with van der Waals surface area (Å²) in [7, 11) is 0. The maximum Gasteiger partial charge on any atom is 0.153 e. The van der Waals surface area contributed by atoms with Crippen LogP contribution < -0.4 is 5.73 Å². The van der Waals surface area contributed by atoms with E-state index in [1.807, 2.05) is 11.8 Å². The molecule has 0 saturated heterocycles. The number of amidine groups is 1. The summed E-state index contributed by atoms with van der Waals surface area (Å²) < 4.78 is 0. The van der Waals surface area contributed by atoms with Crippen LogP contribution in [0.25, 0.3) is 0 Å². The van der Waals surface area contributed by atoms with Crippen molar-refractivity contribution in [2.45, 2.75) is 26.3 Å². The fourth-order valence-electron chi connectivity index (χ4n) is 1.17. The van der Waals surface area contributed by atoms with Gasteiger partial charge in [-0.05, 0) is 38.8 Å². The van der Waals surface area contributed by atoms with Gasteiger partial charge >= 0.3 is 0 Å². The smallest absolute Gasteiger partial charge is 0.153 e. The molecule has 0 atom stereocenters. The van der Waals surface area contributed by atoms with E-state index in [-0.39, 0.29) is 5.84 Å². The third-order valence-electron chi connectivity index (χ3n) is 2.02. The molecule has 14 heavy (non-hydrogen) atoms. The van der Waals surface area contributed by atoms with Crippen molar-refractivity contribution in [2.75, 3.05) is 25.1 Å². The average Bonchev–Trinajstić information content (AvgIpc) is 2.16. The monoisotopic (exact) mass is 219 g/mol. The number of hydrogen-bond donors (Lipinski definition) is 2. The van der Waals surface area contributed by atoms with Crippen LogP contribution in [0.3, 0.4) is 0 Å². The Morgan fingerprint density at radius 1 is 1.57 bits per heavy atom. The van der Waals surface area contributed by atoms with E-state index in [0.717, 1.165) is 18.7 Å². The van der Waals surface area contributed by atoms with Gasteiger partial charge < -0.3 is 10.9 Å². The molecular weight excluding hydrogens is 198 g/mol. The molecule has 0 spiro atoms. The largest absolute Gasteiger partial charge is 0.409 e. The fourth-order valence-corrected chi connectivity index (χ4v) is 1.59. The predicted octanol–water partition coefficient (Wildman–Crippen LogP) is 1.20. The van der Waals surface area contributed by atoms with E-state index in [1.54, 1.807) is 0 Å². The minimum Gasteiger partial charge on any atom is -0.409 e. The van der Waals surface area contributed by atoms with E-state index in [1.165, 1.54) is 0 Å². The SMILES string of the molecule is CSCCCN(CC(N)=NO)C(C)C. The van der Waals surface area contributed by atoms with Crippen LogP contribution in [0.5, 0.6) is 0 Å². The molecule has 0 aromatic carbocycles. The van der Waals surface area contributed by atoms with Crippen LogP contribution >= 0.6 is 11.8 Å². The van der Waals surface area contributed by atoms with Gasteiger partial charge in [-0.1, -0.05) is 5.16 Å². The van der Waals surface area contributed by atoms with Crippen molar-refractivity contribution in [2.24, 2.45) is 10.9 Å². The molecule has 0 amide bonds. The van der Waals surface area contributed by atoms with Crippen molar-refractivity contribution in [1.82, 2.24) is 4.90 Å². The lowest BCUT2D eigenvalue weighted by Gasteiger charge is -2.25. The highest BCUT2D eigenvalue weighted by molar-refractivity contribution is 7.98. The zero-order valence-electron chi connectivity index (χ0n) is 9.23. The van der Waals surface area contributed by atoms with Gasteiger partial charge in [0.25, 0.3) is 0 Å². The number of hydrogen-bond acceptors (Lipinski definition) is 4. The Morgan fingerprint density at radius 3 is 2.64 bits per heavy atom. The van der Waals surface area contributed by atoms with Crippen molar-refractivity contribution in [1.29, 1.82) is 0 Å². The normalized spacial score (nSPS) is 12.8. The molecule has 0 aromatic rings. The molecular formula is C9H21N3OS. The Kier molecular flexibility index (Phi) is 7.70. The van der Waals surface area contributed by atoms with Crippen LogP contribution in [-0.2, 0) is 0 Å². The van der Waals surface area contributed by atoms with Crippen LogP contribution in [0.1, 0.15) is 20.3 Å². The van der Waals surface area contributed by atoms with Crippen molar-refractivity contribution < 1.29 is 5.21 Å². The second-order valence-corrected chi connectivity index (χ2v) is 4.49. The molecule has 0 aliphatic rings. The van der Waals surface area contributed by atoms with Crippen LogP contribution in [0.4, 0.5) is 0 Å². The first-order chi connectivity index (χ1) is 6.61. The maximum atomic E-state index is 8.47. The lowest BCUT2D eigenvalue weighted by atomic mass is 10.3.